The first-order valence-electron chi connectivity index (χ1n) is 6.97. The highest BCUT2D eigenvalue weighted by Crippen LogP contribution is 2.48. The molecular weight excluding hydrogens is 270 g/mol. The van der Waals surface area contributed by atoms with Crippen LogP contribution in [0.3, 0.4) is 0 Å². The summed E-state index contributed by atoms with van der Waals surface area (Å²) in [5.41, 5.74) is 0.570. The molecule has 4 unspecified atom stereocenters. The minimum Gasteiger partial charge on any atom is -0.495 e. The fourth-order valence-corrected chi connectivity index (χ4v) is 3.48. The largest absolute Gasteiger partial charge is 0.495 e. The van der Waals surface area contributed by atoms with E-state index in [1.807, 2.05) is 18.2 Å². The van der Waals surface area contributed by atoms with E-state index in [1.54, 1.807) is 18.2 Å². The second-order valence-corrected chi connectivity index (χ2v) is 5.53. The zero-order valence-electron chi connectivity index (χ0n) is 11.7. The third-order valence-corrected chi connectivity index (χ3v) is 4.41. The van der Waals surface area contributed by atoms with Gasteiger partial charge in [0.15, 0.2) is 0 Å². The summed E-state index contributed by atoms with van der Waals surface area (Å²) in [7, 11) is 1.53. The van der Waals surface area contributed by atoms with Gasteiger partial charge in [-0.15, -0.1) is 0 Å². The van der Waals surface area contributed by atoms with Crippen LogP contribution in [0.25, 0.3) is 0 Å². The number of carbonyl (C=O) groups excluding carboxylic acids is 1. The standard InChI is InChI=1S/C16H17NO4/c1-21-12-5-3-2-4-11(12)17-15(18)13-9-6-7-10(8-9)14(13)16(19)20/h2-7,9-10,13-14H,8H2,1H3,(H,17,18)(H,19,20). The molecule has 1 amide bonds. The number of nitrogens with one attached hydrogen (secondary N) is 1. The topological polar surface area (TPSA) is 75.6 Å². The van der Waals surface area contributed by atoms with Crippen LogP contribution in [0.5, 0.6) is 5.75 Å². The van der Waals surface area contributed by atoms with Gasteiger partial charge in [-0.1, -0.05) is 24.3 Å². The first-order chi connectivity index (χ1) is 10.1. The zero-order chi connectivity index (χ0) is 15.0. The van der Waals surface area contributed by atoms with Crippen molar-refractivity contribution < 1.29 is 19.4 Å². The van der Waals surface area contributed by atoms with Crippen LogP contribution in [0.2, 0.25) is 0 Å². The van der Waals surface area contributed by atoms with E-state index in [4.69, 9.17) is 4.74 Å². The molecule has 21 heavy (non-hydrogen) atoms. The van der Waals surface area contributed by atoms with Gasteiger partial charge in [0.2, 0.25) is 5.91 Å². The van der Waals surface area contributed by atoms with Crippen molar-refractivity contribution in [3.63, 3.8) is 0 Å². The van der Waals surface area contributed by atoms with Crippen molar-refractivity contribution >= 4 is 17.6 Å². The number of carboxylic acids is 1. The number of aliphatic carboxylic acids is 1. The average molecular weight is 287 g/mol. The summed E-state index contributed by atoms with van der Waals surface area (Å²) in [5, 5.41) is 12.2. The molecule has 0 aliphatic heterocycles. The summed E-state index contributed by atoms with van der Waals surface area (Å²) in [6.45, 7) is 0. The fourth-order valence-electron chi connectivity index (χ4n) is 3.48. The highest BCUT2D eigenvalue weighted by molar-refractivity contribution is 5.97. The first kappa shape index (κ1) is 13.7. The van der Waals surface area contributed by atoms with Gasteiger partial charge in [-0.05, 0) is 30.4 Å². The molecule has 2 aliphatic carbocycles. The number of fused-ring (bicyclic) bond motifs is 2. The molecule has 1 saturated carbocycles. The molecule has 1 aromatic rings. The van der Waals surface area contributed by atoms with Crippen LogP contribution in [-0.4, -0.2) is 24.1 Å². The Morgan fingerprint density at radius 1 is 1.19 bits per heavy atom. The average Bonchev–Trinajstić information content (AvgIpc) is 3.08. The maximum atomic E-state index is 12.5. The molecule has 0 saturated heterocycles. The summed E-state index contributed by atoms with van der Waals surface area (Å²) >= 11 is 0. The Hall–Kier alpha value is -2.30. The molecule has 2 bridgehead atoms. The normalized spacial score (nSPS) is 29.4. The summed E-state index contributed by atoms with van der Waals surface area (Å²) in [6.07, 6.45) is 4.65. The molecular formula is C16H17NO4. The van der Waals surface area contributed by atoms with E-state index < -0.39 is 17.8 Å². The molecule has 110 valence electrons. The van der Waals surface area contributed by atoms with Crippen LogP contribution >= 0.6 is 0 Å². The number of ether oxygens (including phenoxy) is 1. The van der Waals surface area contributed by atoms with Crippen molar-refractivity contribution in [1.29, 1.82) is 0 Å². The summed E-state index contributed by atoms with van der Waals surface area (Å²) in [6, 6.07) is 7.11. The maximum Gasteiger partial charge on any atom is 0.307 e. The molecule has 1 aromatic carbocycles. The number of amides is 1. The number of hydrogen-bond donors (Lipinski definition) is 2. The fraction of sp³-hybridized carbons (Fsp3) is 0.375. The van der Waals surface area contributed by atoms with Crippen molar-refractivity contribution in [2.45, 2.75) is 6.42 Å². The molecule has 2 aliphatic rings. The van der Waals surface area contributed by atoms with Gasteiger partial charge in [0.1, 0.15) is 5.75 Å². The van der Waals surface area contributed by atoms with Crippen LogP contribution in [0.4, 0.5) is 5.69 Å². The Bertz CT molecular complexity index is 610. The third kappa shape index (κ3) is 2.28. The van der Waals surface area contributed by atoms with Crippen LogP contribution in [0.1, 0.15) is 6.42 Å². The number of anilines is 1. The molecule has 0 heterocycles. The van der Waals surface area contributed by atoms with E-state index in [0.717, 1.165) is 6.42 Å². The second-order valence-electron chi connectivity index (χ2n) is 5.53. The van der Waals surface area contributed by atoms with Crippen molar-refractivity contribution in [3.8, 4) is 5.75 Å². The summed E-state index contributed by atoms with van der Waals surface area (Å²) in [5.74, 6) is -1.73. The van der Waals surface area contributed by atoms with Gasteiger partial charge >= 0.3 is 5.97 Å². The van der Waals surface area contributed by atoms with Gasteiger partial charge in [-0.25, -0.2) is 0 Å². The SMILES string of the molecule is COc1ccccc1NC(=O)C1C2C=CC(C2)C1C(=O)O. The second kappa shape index (κ2) is 5.24. The molecule has 5 heteroatoms. The smallest absolute Gasteiger partial charge is 0.307 e. The van der Waals surface area contributed by atoms with Gasteiger partial charge < -0.3 is 15.2 Å². The van der Waals surface area contributed by atoms with Crippen molar-refractivity contribution in [2.24, 2.45) is 23.7 Å². The lowest BCUT2D eigenvalue weighted by molar-refractivity contribution is -0.146. The molecule has 2 N–H and O–H groups in total. The number of hydrogen-bond acceptors (Lipinski definition) is 3. The van der Waals surface area contributed by atoms with Crippen LogP contribution < -0.4 is 10.1 Å². The third-order valence-electron chi connectivity index (χ3n) is 4.41. The van der Waals surface area contributed by atoms with Gasteiger partial charge in [0.05, 0.1) is 24.6 Å². The maximum absolute atomic E-state index is 12.5. The molecule has 0 radical (unpaired) electrons. The lowest BCUT2D eigenvalue weighted by atomic mass is 9.82. The number of carboxylic acid groups (broad SMARTS) is 1. The number of rotatable bonds is 4. The lowest BCUT2D eigenvalue weighted by Gasteiger charge is -2.24. The van der Waals surface area contributed by atoms with Crippen LogP contribution in [-0.2, 0) is 9.59 Å². The van der Waals surface area contributed by atoms with Gasteiger partial charge in [0.25, 0.3) is 0 Å². The van der Waals surface area contributed by atoms with E-state index in [9.17, 15) is 14.7 Å². The van der Waals surface area contributed by atoms with E-state index in [2.05, 4.69) is 5.32 Å². The van der Waals surface area contributed by atoms with E-state index in [1.165, 1.54) is 7.11 Å². The van der Waals surface area contributed by atoms with E-state index in [-0.39, 0.29) is 17.7 Å². The van der Waals surface area contributed by atoms with Crippen molar-refractivity contribution in [1.82, 2.24) is 0 Å². The number of allylic oxidation sites excluding steroid dienone is 2. The lowest BCUT2D eigenvalue weighted by Crippen LogP contribution is -2.36. The number of carbonyl (C=O) groups is 2. The number of para-hydroxylation sites is 2. The van der Waals surface area contributed by atoms with E-state index in [0.29, 0.717) is 11.4 Å². The van der Waals surface area contributed by atoms with Crippen molar-refractivity contribution in [2.75, 3.05) is 12.4 Å². The predicted octanol–water partition coefficient (Wildman–Crippen LogP) is 2.16. The van der Waals surface area contributed by atoms with Crippen LogP contribution in [0.15, 0.2) is 36.4 Å². The van der Waals surface area contributed by atoms with E-state index >= 15 is 0 Å². The number of benzene rings is 1. The Balaban J connectivity index is 1.82. The van der Waals surface area contributed by atoms with Crippen LogP contribution in [0, 0.1) is 23.7 Å². The zero-order valence-corrected chi connectivity index (χ0v) is 11.7. The highest BCUT2D eigenvalue weighted by Gasteiger charge is 2.51. The van der Waals surface area contributed by atoms with Crippen molar-refractivity contribution in [3.05, 3.63) is 36.4 Å². The number of methoxy groups -OCH3 is 1. The van der Waals surface area contributed by atoms with Gasteiger partial charge in [0, 0.05) is 0 Å². The predicted molar refractivity (Wildman–Crippen MR) is 77.0 cm³/mol. The van der Waals surface area contributed by atoms with Gasteiger partial charge in [-0.2, -0.15) is 0 Å². The minimum atomic E-state index is -0.896. The quantitative estimate of drug-likeness (QED) is 0.832. The monoisotopic (exact) mass is 287 g/mol. The molecule has 0 spiro atoms. The Labute approximate surface area is 122 Å². The minimum absolute atomic E-state index is 0.0193. The Kier molecular flexibility index (Phi) is 3.41. The highest BCUT2D eigenvalue weighted by atomic mass is 16.5. The summed E-state index contributed by atoms with van der Waals surface area (Å²) in [4.78, 5) is 24.0. The molecule has 1 fully saturated rings. The molecule has 4 atom stereocenters. The first-order valence-corrected chi connectivity index (χ1v) is 6.97. The summed E-state index contributed by atoms with van der Waals surface area (Å²) < 4.78 is 5.20. The molecule has 3 rings (SSSR count). The molecule has 0 aromatic heterocycles. The Morgan fingerprint density at radius 2 is 1.86 bits per heavy atom. The van der Waals surface area contributed by atoms with Gasteiger partial charge in [-0.3, -0.25) is 9.59 Å². The molecule has 5 nitrogen and oxygen atoms in total. The Morgan fingerprint density at radius 3 is 2.52 bits per heavy atom.